The first-order valence-electron chi connectivity index (χ1n) is 6.64. The van der Waals surface area contributed by atoms with Crippen LogP contribution in [0.4, 0.5) is 0 Å². The van der Waals surface area contributed by atoms with Gasteiger partial charge in [-0.2, -0.15) is 0 Å². The van der Waals surface area contributed by atoms with Crippen LogP contribution in [-0.2, 0) is 22.4 Å². The smallest absolute Gasteiger partial charge is 0.335 e. The molecule has 0 heterocycles. The SMILES string of the molecule is CC.CCOC(=O)C(O)C1Cc2ccccc2C1. The number of carbonyl (C=O) groups excluding carboxylic acids is 1. The van der Waals surface area contributed by atoms with Gasteiger partial charge in [0.1, 0.15) is 0 Å². The highest BCUT2D eigenvalue weighted by Crippen LogP contribution is 2.28. The molecule has 1 aromatic carbocycles. The van der Waals surface area contributed by atoms with Gasteiger partial charge in [0.15, 0.2) is 6.10 Å². The standard InChI is InChI=1S/C13H16O3.C2H6/c1-2-16-13(15)12(14)11-7-9-5-3-4-6-10(9)8-11;1-2/h3-6,11-12,14H,2,7-8H2,1H3;1-2H3. The number of esters is 1. The number of fused-ring (bicyclic) bond motifs is 1. The highest BCUT2D eigenvalue weighted by atomic mass is 16.5. The third-order valence-electron chi connectivity index (χ3n) is 3.06. The summed E-state index contributed by atoms with van der Waals surface area (Å²) in [6.07, 6.45) is 0.527. The third kappa shape index (κ3) is 3.33. The fraction of sp³-hybridized carbons (Fsp3) is 0.533. The van der Waals surface area contributed by atoms with E-state index in [0.717, 1.165) is 12.8 Å². The lowest BCUT2D eigenvalue weighted by atomic mass is 9.99. The first-order chi connectivity index (χ1) is 8.72. The largest absolute Gasteiger partial charge is 0.464 e. The molecule has 0 aliphatic heterocycles. The van der Waals surface area contributed by atoms with Crippen molar-refractivity contribution in [3.8, 4) is 0 Å². The normalized spacial score (nSPS) is 15.3. The number of aliphatic hydroxyl groups is 1. The minimum Gasteiger partial charge on any atom is -0.464 e. The molecule has 100 valence electrons. The number of ether oxygens (including phenoxy) is 1. The van der Waals surface area contributed by atoms with E-state index >= 15 is 0 Å². The molecule has 0 saturated heterocycles. The van der Waals surface area contributed by atoms with Crippen molar-refractivity contribution in [2.75, 3.05) is 6.61 Å². The Morgan fingerprint density at radius 2 is 1.83 bits per heavy atom. The Kier molecular flexibility index (Phi) is 5.86. The number of benzene rings is 1. The number of aliphatic hydroxyl groups excluding tert-OH is 1. The molecule has 1 aliphatic carbocycles. The van der Waals surface area contributed by atoms with Crippen LogP contribution in [0.1, 0.15) is 31.9 Å². The molecule has 1 atom stereocenters. The van der Waals surface area contributed by atoms with Crippen LogP contribution in [0.25, 0.3) is 0 Å². The molecule has 3 nitrogen and oxygen atoms in total. The van der Waals surface area contributed by atoms with Crippen molar-refractivity contribution >= 4 is 5.97 Å². The van der Waals surface area contributed by atoms with Crippen molar-refractivity contribution in [2.45, 2.75) is 39.7 Å². The Balaban J connectivity index is 0.000000771. The second-order valence-corrected chi connectivity index (χ2v) is 4.13. The second-order valence-electron chi connectivity index (χ2n) is 4.13. The maximum atomic E-state index is 11.4. The molecular weight excluding hydrogens is 228 g/mol. The van der Waals surface area contributed by atoms with Crippen LogP contribution in [0, 0.1) is 5.92 Å². The molecule has 0 radical (unpaired) electrons. The van der Waals surface area contributed by atoms with Crippen LogP contribution in [0.2, 0.25) is 0 Å². The van der Waals surface area contributed by atoms with Crippen molar-refractivity contribution in [1.82, 2.24) is 0 Å². The number of carbonyl (C=O) groups is 1. The van der Waals surface area contributed by atoms with Crippen molar-refractivity contribution in [2.24, 2.45) is 5.92 Å². The Bertz CT molecular complexity index is 362. The average Bonchev–Trinajstić information content (AvgIpc) is 2.84. The van der Waals surface area contributed by atoms with Crippen molar-refractivity contribution in [3.63, 3.8) is 0 Å². The molecule has 1 aliphatic rings. The molecule has 1 N–H and O–H groups in total. The Labute approximate surface area is 109 Å². The van der Waals surface area contributed by atoms with E-state index in [1.165, 1.54) is 11.1 Å². The lowest BCUT2D eigenvalue weighted by Gasteiger charge is -2.15. The van der Waals surface area contributed by atoms with Crippen LogP contribution in [0.15, 0.2) is 24.3 Å². The molecule has 2 rings (SSSR count). The fourth-order valence-electron chi connectivity index (χ4n) is 2.24. The minimum absolute atomic E-state index is 0.0311. The Hall–Kier alpha value is -1.35. The van der Waals surface area contributed by atoms with E-state index in [9.17, 15) is 9.90 Å². The molecule has 0 amide bonds. The summed E-state index contributed by atoms with van der Waals surface area (Å²) < 4.78 is 4.83. The van der Waals surface area contributed by atoms with E-state index in [2.05, 4.69) is 0 Å². The molecule has 1 unspecified atom stereocenters. The van der Waals surface area contributed by atoms with Crippen LogP contribution < -0.4 is 0 Å². The van der Waals surface area contributed by atoms with E-state index < -0.39 is 12.1 Å². The van der Waals surface area contributed by atoms with Gasteiger partial charge in [-0.05, 0) is 30.9 Å². The maximum Gasteiger partial charge on any atom is 0.335 e. The summed E-state index contributed by atoms with van der Waals surface area (Å²) in [4.78, 5) is 11.4. The zero-order chi connectivity index (χ0) is 13.5. The van der Waals surface area contributed by atoms with E-state index in [-0.39, 0.29) is 5.92 Å². The summed E-state index contributed by atoms with van der Waals surface area (Å²) in [5, 5.41) is 9.85. The molecule has 0 spiro atoms. The summed E-state index contributed by atoms with van der Waals surface area (Å²) in [6, 6.07) is 8.07. The predicted octanol–water partition coefficient (Wildman–Crippen LogP) is 2.35. The molecule has 0 fully saturated rings. The topological polar surface area (TPSA) is 46.5 Å². The van der Waals surface area contributed by atoms with Gasteiger partial charge in [0.25, 0.3) is 0 Å². The van der Waals surface area contributed by atoms with Gasteiger partial charge in [-0.25, -0.2) is 4.79 Å². The van der Waals surface area contributed by atoms with Crippen molar-refractivity contribution in [3.05, 3.63) is 35.4 Å². The quantitative estimate of drug-likeness (QED) is 0.838. The molecule has 0 saturated carbocycles. The van der Waals surface area contributed by atoms with Gasteiger partial charge >= 0.3 is 5.97 Å². The first kappa shape index (κ1) is 14.7. The van der Waals surface area contributed by atoms with E-state index in [4.69, 9.17) is 4.74 Å². The van der Waals surface area contributed by atoms with Crippen LogP contribution >= 0.6 is 0 Å². The summed E-state index contributed by atoms with van der Waals surface area (Å²) in [7, 11) is 0. The van der Waals surface area contributed by atoms with Gasteiger partial charge in [0, 0.05) is 5.92 Å². The van der Waals surface area contributed by atoms with Gasteiger partial charge in [-0.15, -0.1) is 0 Å². The minimum atomic E-state index is -0.993. The molecular formula is C15H22O3. The fourth-order valence-corrected chi connectivity index (χ4v) is 2.24. The Morgan fingerprint density at radius 1 is 1.33 bits per heavy atom. The lowest BCUT2D eigenvalue weighted by Crippen LogP contribution is -2.31. The molecule has 3 heteroatoms. The van der Waals surface area contributed by atoms with Gasteiger partial charge < -0.3 is 9.84 Å². The Morgan fingerprint density at radius 3 is 2.28 bits per heavy atom. The zero-order valence-electron chi connectivity index (χ0n) is 11.3. The summed E-state index contributed by atoms with van der Waals surface area (Å²) in [5.41, 5.74) is 2.46. The molecule has 18 heavy (non-hydrogen) atoms. The highest BCUT2D eigenvalue weighted by Gasteiger charge is 2.32. The summed E-state index contributed by atoms with van der Waals surface area (Å²) in [5.74, 6) is -0.531. The predicted molar refractivity (Wildman–Crippen MR) is 71.3 cm³/mol. The number of hydrogen-bond acceptors (Lipinski definition) is 3. The van der Waals surface area contributed by atoms with Gasteiger partial charge in [0.05, 0.1) is 6.61 Å². The van der Waals surface area contributed by atoms with Crippen molar-refractivity contribution < 1.29 is 14.6 Å². The summed E-state index contributed by atoms with van der Waals surface area (Å²) >= 11 is 0. The number of rotatable bonds is 3. The van der Waals surface area contributed by atoms with Gasteiger partial charge in [0.2, 0.25) is 0 Å². The van der Waals surface area contributed by atoms with E-state index in [0.29, 0.717) is 6.61 Å². The monoisotopic (exact) mass is 250 g/mol. The van der Waals surface area contributed by atoms with Crippen LogP contribution in [0.3, 0.4) is 0 Å². The molecule has 0 bridgehead atoms. The van der Waals surface area contributed by atoms with Gasteiger partial charge in [-0.3, -0.25) is 0 Å². The maximum absolute atomic E-state index is 11.4. The average molecular weight is 250 g/mol. The van der Waals surface area contributed by atoms with E-state index in [1.807, 2.05) is 38.1 Å². The van der Waals surface area contributed by atoms with E-state index in [1.54, 1.807) is 6.92 Å². The van der Waals surface area contributed by atoms with Gasteiger partial charge in [-0.1, -0.05) is 38.1 Å². The van der Waals surface area contributed by atoms with Crippen LogP contribution in [0.5, 0.6) is 0 Å². The number of hydrogen-bond donors (Lipinski definition) is 1. The van der Waals surface area contributed by atoms with Crippen LogP contribution in [-0.4, -0.2) is 23.8 Å². The lowest BCUT2D eigenvalue weighted by molar-refractivity contribution is -0.155. The molecule has 0 aromatic heterocycles. The summed E-state index contributed by atoms with van der Waals surface area (Å²) in [6.45, 7) is 6.06. The second kappa shape index (κ2) is 7.17. The highest BCUT2D eigenvalue weighted by molar-refractivity contribution is 5.75. The van der Waals surface area contributed by atoms with Crippen molar-refractivity contribution in [1.29, 1.82) is 0 Å². The molecule has 1 aromatic rings. The zero-order valence-corrected chi connectivity index (χ0v) is 11.3. The first-order valence-corrected chi connectivity index (χ1v) is 6.64. The third-order valence-corrected chi connectivity index (χ3v) is 3.06.